The van der Waals surface area contributed by atoms with E-state index in [1.54, 1.807) is 4.88 Å². The van der Waals surface area contributed by atoms with Crippen molar-refractivity contribution in [2.45, 2.75) is 12.5 Å². The number of fused-ring (bicyclic) bond motifs is 1. The van der Waals surface area contributed by atoms with Gasteiger partial charge >= 0.3 is 0 Å². The average Bonchev–Trinajstić information content (AvgIpc) is 2.78. The fraction of sp³-hybridized carbons (Fsp3) is 0.231. The Morgan fingerprint density at radius 3 is 2.81 bits per heavy atom. The Kier molecular flexibility index (Phi) is 2.72. The number of hydrogen-bond donors (Lipinski definition) is 1. The Morgan fingerprint density at radius 2 is 2.00 bits per heavy atom. The van der Waals surface area contributed by atoms with E-state index in [1.165, 1.54) is 24.1 Å². The molecular formula is C13H13ClNS+. The third-order valence-electron chi connectivity index (χ3n) is 3.12. The summed E-state index contributed by atoms with van der Waals surface area (Å²) in [6.07, 6.45) is 1.21. The minimum absolute atomic E-state index is 0.465. The highest BCUT2D eigenvalue weighted by Gasteiger charge is 2.25. The number of benzene rings is 1. The van der Waals surface area contributed by atoms with E-state index in [0.29, 0.717) is 6.04 Å². The van der Waals surface area contributed by atoms with Crippen LogP contribution in [-0.4, -0.2) is 6.54 Å². The van der Waals surface area contributed by atoms with Crippen LogP contribution in [0.25, 0.3) is 0 Å². The van der Waals surface area contributed by atoms with Gasteiger partial charge in [0.25, 0.3) is 0 Å². The zero-order valence-electron chi connectivity index (χ0n) is 8.82. The minimum atomic E-state index is 0.465. The molecule has 1 aliphatic heterocycles. The molecule has 82 valence electrons. The maximum atomic E-state index is 5.92. The van der Waals surface area contributed by atoms with E-state index in [1.807, 2.05) is 23.5 Å². The van der Waals surface area contributed by atoms with Gasteiger partial charge in [-0.15, -0.1) is 11.3 Å². The second-order valence-electron chi connectivity index (χ2n) is 4.10. The van der Waals surface area contributed by atoms with E-state index in [2.05, 4.69) is 28.9 Å². The van der Waals surface area contributed by atoms with Crippen molar-refractivity contribution < 1.29 is 5.32 Å². The molecule has 2 N–H and O–H groups in total. The molecule has 1 atom stereocenters. The van der Waals surface area contributed by atoms with Crippen molar-refractivity contribution in [3.8, 4) is 0 Å². The van der Waals surface area contributed by atoms with E-state index >= 15 is 0 Å². The Balaban J connectivity index is 2.00. The maximum absolute atomic E-state index is 5.92. The molecule has 0 spiro atoms. The smallest absolute Gasteiger partial charge is 0.138 e. The van der Waals surface area contributed by atoms with Crippen molar-refractivity contribution in [3.05, 3.63) is 56.7 Å². The first kappa shape index (κ1) is 10.3. The lowest BCUT2D eigenvalue weighted by molar-refractivity contribution is -0.689. The van der Waals surface area contributed by atoms with E-state index in [4.69, 9.17) is 11.6 Å². The topological polar surface area (TPSA) is 16.6 Å². The summed E-state index contributed by atoms with van der Waals surface area (Å²) in [5.74, 6) is 0. The van der Waals surface area contributed by atoms with Gasteiger partial charge in [-0.3, -0.25) is 0 Å². The van der Waals surface area contributed by atoms with Crippen LogP contribution in [0.15, 0.2) is 35.7 Å². The molecule has 3 heteroatoms. The lowest BCUT2D eigenvalue weighted by atomic mass is 9.96. The predicted molar refractivity (Wildman–Crippen MR) is 68.1 cm³/mol. The highest BCUT2D eigenvalue weighted by atomic mass is 35.5. The number of halogens is 1. The van der Waals surface area contributed by atoms with Gasteiger partial charge in [0, 0.05) is 27.4 Å². The maximum Gasteiger partial charge on any atom is 0.138 e. The molecule has 0 fully saturated rings. The molecule has 1 aliphatic rings. The molecule has 0 bridgehead atoms. The molecule has 2 aromatic rings. The average molecular weight is 251 g/mol. The van der Waals surface area contributed by atoms with Crippen LogP contribution in [0, 0.1) is 0 Å². The molecule has 1 aromatic heterocycles. The van der Waals surface area contributed by atoms with Crippen LogP contribution in [0.5, 0.6) is 0 Å². The predicted octanol–water partition coefficient (Wildman–Crippen LogP) is 2.61. The molecule has 0 saturated carbocycles. The Hall–Kier alpha value is -0.830. The third-order valence-corrected chi connectivity index (χ3v) is 4.37. The van der Waals surface area contributed by atoms with Crippen LogP contribution in [0.2, 0.25) is 5.02 Å². The van der Waals surface area contributed by atoms with Crippen molar-refractivity contribution >= 4 is 22.9 Å². The summed E-state index contributed by atoms with van der Waals surface area (Å²) < 4.78 is 0. The van der Waals surface area contributed by atoms with Crippen LogP contribution >= 0.6 is 22.9 Å². The van der Waals surface area contributed by atoms with Gasteiger partial charge in [-0.05, 0) is 23.6 Å². The van der Waals surface area contributed by atoms with Gasteiger partial charge in [-0.2, -0.15) is 0 Å². The van der Waals surface area contributed by atoms with Crippen LogP contribution in [-0.2, 0) is 6.42 Å². The number of nitrogens with two attached hydrogens (primary N) is 1. The molecule has 0 aliphatic carbocycles. The van der Waals surface area contributed by atoms with E-state index < -0.39 is 0 Å². The first-order chi connectivity index (χ1) is 7.84. The summed E-state index contributed by atoms with van der Waals surface area (Å²) in [5, 5.41) is 5.43. The number of hydrogen-bond acceptors (Lipinski definition) is 1. The monoisotopic (exact) mass is 250 g/mol. The second-order valence-corrected chi connectivity index (χ2v) is 5.54. The highest BCUT2D eigenvalue weighted by molar-refractivity contribution is 7.10. The molecule has 16 heavy (non-hydrogen) atoms. The van der Waals surface area contributed by atoms with Gasteiger partial charge in [0.1, 0.15) is 6.04 Å². The van der Waals surface area contributed by atoms with E-state index in [9.17, 15) is 0 Å². The van der Waals surface area contributed by atoms with Gasteiger partial charge in [0.2, 0.25) is 0 Å². The zero-order chi connectivity index (χ0) is 11.0. The fourth-order valence-corrected chi connectivity index (χ4v) is 3.40. The summed E-state index contributed by atoms with van der Waals surface area (Å²) in [6, 6.07) is 10.9. The zero-order valence-corrected chi connectivity index (χ0v) is 10.4. The van der Waals surface area contributed by atoms with Crippen molar-refractivity contribution in [2.75, 3.05) is 6.54 Å². The van der Waals surface area contributed by atoms with Crippen LogP contribution in [0.4, 0.5) is 0 Å². The summed E-state index contributed by atoms with van der Waals surface area (Å²) in [5.41, 5.74) is 2.84. The summed E-state index contributed by atoms with van der Waals surface area (Å²) in [6.45, 7) is 1.18. The van der Waals surface area contributed by atoms with Crippen LogP contribution in [0.1, 0.15) is 22.0 Å². The number of quaternary nitrogens is 1. The van der Waals surface area contributed by atoms with Crippen molar-refractivity contribution in [2.24, 2.45) is 0 Å². The lowest BCUT2D eigenvalue weighted by Crippen LogP contribution is -2.87. The Morgan fingerprint density at radius 1 is 1.19 bits per heavy atom. The Labute approximate surface area is 104 Å². The van der Waals surface area contributed by atoms with Gasteiger partial charge in [0.15, 0.2) is 0 Å². The molecule has 0 unspecified atom stereocenters. The second kappa shape index (κ2) is 4.21. The standard InChI is InChI=1S/C13H12ClNS/c14-10-3-1-9(2-4-10)13-11-6-8-16-12(11)5-7-15-13/h1-4,6,8,13,15H,5,7H2/p+1/t13-/m0/s1. The van der Waals surface area contributed by atoms with Crippen molar-refractivity contribution in [1.82, 2.24) is 0 Å². The van der Waals surface area contributed by atoms with Crippen LogP contribution in [0.3, 0.4) is 0 Å². The SMILES string of the molecule is Clc1ccc([C@@H]2[NH2+]CCc3sccc32)cc1. The lowest BCUT2D eigenvalue weighted by Gasteiger charge is -2.21. The highest BCUT2D eigenvalue weighted by Crippen LogP contribution is 2.28. The molecule has 1 aromatic carbocycles. The molecule has 1 nitrogen and oxygen atoms in total. The molecule has 3 rings (SSSR count). The summed E-state index contributed by atoms with van der Waals surface area (Å²) in [4.78, 5) is 1.54. The number of thiophene rings is 1. The number of rotatable bonds is 1. The van der Waals surface area contributed by atoms with Crippen molar-refractivity contribution in [3.63, 3.8) is 0 Å². The van der Waals surface area contributed by atoms with E-state index in [0.717, 1.165) is 5.02 Å². The molecule has 0 amide bonds. The van der Waals surface area contributed by atoms with E-state index in [-0.39, 0.29) is 0 Å². The minimum Gasteiger partial charge on any atom is -0.336 e. The summed E-state index contributed by atoms with van der Waals surface area (Å²) >= 11 is 7.80. The quantitative estimate of drug-likeness (QED) is 0.801. The largest absolute Gasteiger partial charge is 0.336 e. The Bertz CT molecular complexity index is 489. The molecule has 2 heterocycles. The first-order valence-corrected chi connectivity index (χ1v) is 6.75. The molecule has 0 saturated heterocycles. The van der Waals surface area contributed by atoms with Crippen molar-refractivity contribution in [1.29, 1.82) is 0 Å². The normalized spacial score (nSPS) is 19.4. The van der Waals surface area contributed by atoms with Gasteiger partial charge in [-0.25, -0.2) is 0 Å². The molecular weight excluding hydrogens is 238 g/mol. The van der Waals surface area contributed by atoms with Gasteiger partial charge in [0.05, 0.1) is 6.54 Å². The third kappa shape index (κ3) is 1.77. The molecule has 0 radical (unpaired) electrons. The van der Waals surface area contributed by atoms with Gasteiger partial charge < -0.3 is 5.32 Å². The van der Waals surface area contributed by atoms with Gasteiger partial charge in [-0.1, -0.05) is 23.7 Å². The fourth-order valence-electron chi connectivity index (χ4n) is 2.32. The van der Waals surface area contributed by atoms with Crippen LogP contribution < -0.4 is 5.32 Å². The first-order valence-electron chi connectivity index (χ1n) is 5.49. The summed E-state index contributed by atoms with van der Waals surface area (Å²) in [7, 11) is 0.